The van der Waals surface area contributed by atoms with Crippen LogP contribution in [0, 0.1) is 0 Å². The number of nitrogens with two attached hydrogens (primary N) is 1. The normalized spacial score (nSPS) is 23.8. The number of nitrogens with zero attached hydrogens (tertiary/aromatic N) is 2. The van der Waals surface area contributed by atoms with Crippen molar-refractivity contribution in [2.75, 3.05) is 0 Å². The summed E-state index contributed by atoms with van der Waals surface area (Å²) in [4.78, 5) is 4.60. The van der Waals surface area contributed by atoms with Gasteiger partial charge in [-0.1, -0.05) is 37.3 Å². The molecule has 1 aromatic heterocycles. The molecule has 0 bridgehead atoms. The molecule has 0 amide bonds. The van der Waals surface area contributed by atoms with Crippen LogP contribution in [0.15, 0.2) is 4.52 Å². The monoisotopic (exact) mass is 285 g/mol. The predicted octanol–water partition coefficient (Wildman–Crippen LogP) is 3.66. The quantitative estimate of drug-likeness (QED) is 0.900. The molecule has 0 saturated heterocycles. The van der Waals surface area contributed by atoms with Crippen LogP contribution < -0.4 is 5.73 Å². The van der Waals surface area contributed by atoms with E-state index < -0.39 is 0 Å². The number of hydrogen-bond donors (Lipinski definition) is 1. The van der Waals surface area contributed by atoms with Gasteiger partial charge in [0.2, 0.25) is 5.89 Å². The summed E-state index contributed by atoms with van der Waals surface area (Å²) < 4.78 is 5.48. The van der Waals surface area contributed by atoms with Gasteiger partial charge in [-0.2, -0.15) is 4.98 Å². The van der Waals surface area contributed by atoms with Crippen molar-refractivity contribution in [2.45, 2.75) is 75.7 Å². The molecule has 5 heteroatoms. The highest BCUT2D eigenvalue weighted by Crippen LogP contribution is 2.38. The number of halogens is 1. The molecule has 19 heavy (non-hydrogen) atoms. The molecule has 2 aliphatic carbocycles. The third-order valence-corrected chi connectivity index (χ3v) is 4.59. The first-order chi connectivity index (χ1) is 8.78. The van der Waals surface area contributed by atoms with Crippen molar-refractivity contribution in [3.05, 3.63) is 11.7 Å². The fourth-order valence-electron chi connectivity index (χ4n) is 3.09. The molecule has 1 aromatic rings. The third-order valence-electron chi connectivity index (χ3n) is 4.59. The maximum atomic E-state index is 6.24. The van der Waals surface area contributed by atoms with Gasteiger partial charge in [0.1, 0.15) is 0 Å². The zero-order valence-corrected chi connectivity index (χ0v) is 12.3. The Bertz CT molecular complexity index is 395. The van der Waals surface area contributed by atoms with E-state index >= 15 is 0 Å². The zero-order chi connectivity index (χ0) is 12.4. The van der Waals surface area contributed by atoms with Gasteiger partial charge in [0.15, 0.2) is 5.82 Å². The highest BCUT2D eigenvalue weighted by molar-refractivity contribution is 5.85. The Kier molecular flexibility index (Phi) is 4.85. The summed E-state index contributed by atoms with van der Waals surface area (Å²) in [6.07, 6.45) is 12.2. The lowest BCUT2D eigenvalue weighted by Gasteiger charge is -2.34. The fourth-order valence-corrected chi connectivity index (χ4v) is 3.09. The first-order valence-corrected chi connectivity index (χ1v) is 7.41. The van der Waals surface area contributed by atoms with Crippen molar-refractivity contribution in [2.24, 2.45) is 5.73 Å². The standard InChI is InChI=1S/C14H23N3O.ClH/c15-14(9-6-10-14)13-16-12(18-17-13)11-7-4-2-1-3-5-8-11;/h11H,1-10,15H2;1H. The number of rotatable bonds is 2. The van der Waals surface area contributed by atoms with Crippen LogP contribution in [0.2, 0.25) is 0 Å². The van der Waals surface area contributed by atoms with Crippen molar-refractivity contribution < 1.29 is 4.52 Å². The van der Waals surface area contributed by atoms with Crippen molar-refractivity contribution in [1.82, 2.24) is 10.1 Å². The van der Waals surface area contributed by atoms with E-state index in [4.69, 9.17) is 10.3 Å². The molecule has 0 radical (unpaired) electrons. The Morgan fingerprint density at radius 1 is 1.00 bits per heavy atom. The minimum atomic E-state index is -0.288. The Balaban J connectivity index is 0.00000133. The molecule has 0 aliphatic heterocycles. The number of aromatic nitrogens is 2. The first kappa shape index (κ1) is 14.8. The van der Waals surface area contributed by atoms with Crippen LogP contribution in [0.4, 0.5) is 0 Å². The van der Waals surface area contributed by atoms with Gasteiger partial charge in [-0.05, 0) is 32.1 Å². The van der Waals surface area contributed by atoms with Crippen LogP contribution in [0.3, 0.4) is 0 Å². The molecule has 2 fully saturated rings. The summed E-state index contributed by atoms with van der Waals surface area (Å²) in [5, 5.41) is 4.13. The lowest BCUT2D eigenvalue weighted by Crippen LogP contribution is -2.44. The molecule has 0 unspecified atom stereocenters. The minimum Gasteiger partial charge on any atom is -0.339 e. The van der Waals surface area contributed by atoms with Gasteiger partial charge in [-0.15, -0.1) is 12.4 Å². The van der Waals surface area contributed by atoms with Gasteiger partial charge < -0.3 is 10.3 Å². The zero-order valence-electron chi connectivity index (χ0n) is 11.4. The smallest absolute Gasteiger partial charge is 0.229 e. The predicted molar refractivity (Wildman–Crippen MR) is 76.3 cm³/mol. The first-order valence-electron chi connectivity index (χ1n) is 7.41. The Labute approximate surface area is 120 Å². The maximum Gasteiger partial charge on any atom is 0.229 e. The van der Waals surface area contributed by atoms with E-state index in [1.165, 1.54) is 51.4 Å². The SMILES string of the molecule is Cl.NC1(c2noc(C3CCCCCCC3)n2)CCC1. The van der Waals surface area contributed by atoms with Gasteiger partial charge in [0.25, 0.3) is 0 Å². The topological polar surface area (TPSA) is 64.9 Å². The van der Waals surface area contributed by atoms with E-state index in [0.29, 0.717) is 5.92 Å². The Morgan fingerprint density at radius 3 is 2.21 bits per heavy atom. The lowest BCUT2D eigenvalue weighted by molar-refractivity contribution is 0.228. The van der Waals surface area contributed by atoms with E-state index in [1.54, 1.807) is 0 Å². The average Bonchev–Trinajstić information content (AvgIpc) is 2.75. The van der Waals surface area contributed by atoms with Crippen molar-refractivity contribution in [3.8, 4) is 0 Å². The molecule has 0 aromatic carbocycles. The summed E-state index contributed by atoms with van der Waals surface area (Å²) >= 11 is 0. The molecule has 1 heterocycles. The van der Waals surface area contributed by atoms with E-state index in [9.17, 15) is 0 Å². The van der Waals surface area contributed by atoms with Gasteiger partial charge >= 0.3 is 0 Å². The summed E-state index contributed by atoms with van der Waals surface area (Å²) in [7, 11) is 0. The van der Waals surface area contributed by atoms with Crippen LogP contribution >= 0.6 is 12.4 Å². The molecule has 2 aliphatic rings. The highest BCUT2D eigenvalue weighted by Gasteiger charge is 2.39. The molecule has 2 N–H and O–H groups in total. The second kappa shape index (κ2) is 6.23. The van der Waals surface area contributed by atoms with Crippen molar-refractivity contribution >= 4 is 12.4 Å². The van der Waals surface area contributed by atoms with Crippen LogP contribution in [-0.2, 0) is 5.54 Å². The number of hydrogen-bond acceptors (Lipinski definition) is 4. The molecule has 4 nitrogen and oxygen atoms in total. The molecule has 0 spiro atoms. The second-order valence-electron chi connectivity index (χ2n) is 6.01. The van der Waals surface area contributed by atoms with Crippen LogP contribution in [0.25, 0.3) is 0 Å². The summed E-state index contributed by atoms with van der Waals surface area (Å²) in [6, 6.07) is 0. The van der Waals surface area contributed by atoms with Gasteiger partial charge in [-0.3, -0.25) is 0 Å². The summed E-state index contributed by atoms with van der Waals surface area (Å²) in [5.41, 5.74) is 5.95. The van der Waals surface area contributed by atoms with E-state index in [2.05, 4.69) is 10.1 Å². The lowest BCUT2D eigenvalue weighted by atomic mass is 9.77. The molecule has 108 valence electrons. The fraction of sp³-hybridized carbons (Fsp3) is 0.857. The van der Waals surface area contributed by atoms with E-state index in [1.807, 2.05) is 0 Å². The van der Waals surface area contributed by atoms with Gasteiger partial charge in [0, 0.05) is 5.92 Å². The second-order valence-corrected chi connectivity index (χ2v) is 6.01. The van der Waals surface area contributed by atoms with E-state index in [0.717, 1.165) is 24.6 Å². The molecular formula is C14H24ClN3O. The molecule has 3 rings (SSSR count). The maximum absolute atomic E-state index is 6.24. The van der Waals surface area contributed by atoms with E-state index in [-0.39, 0.29) is 17.9 Å². The Morgan fingerprint density at radius 2 is 1.63 bits per heavy atom. The van der Waals surface area contributed by atoms with Crippen LogP contribution in [0.5, 0.6) is 0 Å². The Hall–Kier alpha value is -0.610. The van der Waals surface area contributed by atoms with Gasteiger partial charge in [-0.25, -0.2) is 0 Å². The van der Waals surface area contributed by atoms with Crippen molar-refractivity contribution in [1.29, 1.82) is 0 Å². The summed E-state index contributed by atoms with van der Waals surface area (Å²) in [5.74, 6) is 2.05. The molecular weight excluding hydrogens is 262 g/mol. The van der Waals surface area contributed by atoms with Crippen LogP contribution in [0.1, 0.15) is 81.8 Å². The summed E-state index contributed by atoms with van der Waals surface area (Å²) in [6.45, 7) is 0. The van der Waals surface area contributed by atoms with Crippen molar-refractivity contribution in [3.63, 3.8) is 0 Å². The minimum absolute atomic E-state index is 0. The van der Waals surface area contributed by atoms with Crippen LogP contribution in [-0.4, -0.2) is 10.1 Å². The highest BCUT2D eigenvalue weighted by atomic mass is 35.5. The largest absolute Gasteiger partial charge is 0.339 e. The third kappa shape index (κ3) is 3.11. The van der Waals surface area contributed by atoms with Gasteiger partial charge in [0.05, 0.1) is 5.54 Å². The molecule has 2 saturated carbocycles. The molecule has 0 atom stereocenters. The average molecular weight is 286 g/mol.